The number of nitrogens with zero attached hydrogens (tertiary/aromatic N) is 3. The second-order valence-electron chi connectivity index (χ2n) is 6.69. The maximum Gasteiger partial charge on any atom is 0.253 e. The minimum Gasteiger partial charge on any atom is -0.471 e. The Labute approximate surface area is 141 Å². The van der Waals surface area contributed by atoms with Crippen LogP contribution >= 0.6 is 0 Å². The van der Waals surface area contributed by atoms with Gasteiger partial charge in [0.25, 0.3) is 5.88 Å². The molecule has 0 aliphatic rings. The molecule has 0 amide bonds. The van der Waals surface area contributed by atoms with Crippen LogP contribution < -0.4 is 10.5 Å². The molecule has 0 saturated carbocycles. The van der Waals surface area contributed by atoms with Crippen LogP contribution in [0, 0.1) is 11.3 Å². The van der Waals surface area contributed by atoms with Crippen LogP contribution in [0.2, 0.25) is 0 Å². The summed E-state index contributed by atoms with van der Waals surface area (Å²) in [5.74, 6) is 0.607. The van der Waals surface area contributed by atoms with Crippen molar-refractivity contribution in [3.63, 3.8) is 0 Å². The third-order valence-corrected chi connectivity index (χ3v) is 3.88. The van der Waals surface area contributed by atoms with E-state index in [1.807, 2.05) is 45.0 Å². The van der Waals surface area contributed by atoms with Crippen LogP contribution in [0.15, 0.2) is 42.5 Å². The fourth-order valence-electron chi connectivity index (χ4n) is 2.69. The molecule has 2 aromatic carbocycles. The molecule has 0 bridgehead atoms. The van der Waals surface area contributed by atoms with E-state index in [1.54, 1.807) is 4.68 Å². The van der Waals surface area contributed by atoms with Gasteiger partial charge in [0.15, 0.2) is 5.56 Å². The Bertz CT molecular complexity index is 923. The predicted molar refractivity (Wildman–Crippen MR) is 94.6 cm³/mol. The summed E-state index contributed by atoms with van der Waals surface area (Å²) in [7, 11) is 0. The van der Waals surface area contributed by atoms with Gasteiger partial charge in [-0.15, -0.1) is 5.10 Å². The van der Waals surface area contributed by atoms with E-state index in [4.69, 9.17) is 10.5 Å². The Morgan fingerprint density at radius 3 is 2.58 bits per heavy atom. The van der Waals surface area contributed by atoms with Crippen LogP contribution in [0.3, 0.4) is 0 Å². The average molecular weight is 320 g/mol. The van der Waals surface area contributed by atoms with E-state index < -0.39 is 0 Å². The topological polar surface area (TPSA) is 76.9 Å². The molecule has 3 rings (SSSR count). The van der Waals surface area contributed by atoms with Gasteiger partial charge < -0.3 is 10.5 Å². The van der Waals surface area contributed by atoms with E-state index in [1.165, 1.54) is 0 Å². The quantitative estimate of drug-likeness (QED) is 0.795. The third-order valence-electron chi connectivity index (χ3n) is 3.88. The standard InChI is InChI=1S/C19H20N4O/c1-19(2,3)23-17(21)16(11-20)18(22-23)24-12-14-9-6-8-13-7-4-5-10-15(13)14/h4-10H,12,21H2,1-3H3. The number of fused-ring (bicyclic) bond motifs is 1. The van der Waals surface area contributed by atoms with Crippen molar-refractivity contribution in [2.45, 2.75) is 32.9 Å². The summed E-state index contributed by atoms with van der Waals surface area (Å²) in [6.45, 7) is 6.26. The van der Waals surface area contributed by atoms with Gasteiger partial charge in [0, 0.05) is 0 Å². The van der Waals surface area contributed by atoms with Crippen LogP contribution in [-0.2, 0) is 12.1 Å². The Balaban J connectivity index is 1.93. The first-order valence-corrected chi connectivity index (χ1v) is 7.80. The molecular formula is C19H20N4O. The van der Waals surface area contributed by atoms with Crippen LogP contribution in [0.25, 0.3) is 10.8 Å². The highest BCUT2D eigenvalue weighted by Gasteiger charge is 2.24. The van der Waals surface area contributed by atoms with Crippen LogP contribution in [0.1, 0.15) is 31.9 Å². The highest BCUT2D eigenvalue weighted by Crippen LogP contribution is 2.29. The number of hydrogen-bond donors (Lipinski definition) is 1. The van der Waals surface area contributed by atoms with Crippen molar-refractivity contribution in [3.05, 3.63) is 53.6 Å². The lowest BCUT2D eigenvalue weighted by Gasteiger charge is -2.20. The zero-order valence-corrected chi connectivity index (χ0v) is 14.1. The van der Waals surface area contributed by atoms with Crippen molar-refractivity contribution >= 4 is 16.6 Å². The van der Waals surface area contributed by atoms with Gasteiger partial charge in [-0.3, -0.25) is 0 Å². The Morgan fingerprint density at radius 2 is 1.88 bits per heavy atom. The van der Waals surface area contributed by atoms with E-state index in [-0.39, 0.29) is 17.0 Å². The predicted octanol–water partition coefficient (Wildman–Crippen LogP) is 3.82. The zero-order valence-electron chi connectivity index (χ0n) is 14.1. The number of aromatic nitrogens is 2. The van der Waals surface area contributed by atoms with Crippen molar-refractivity contribution in [1.29, 1.82) is 5.26 Å². The van der Waals surface area contributed by atoms with E-state index in [2.05, 4.69) is 29.4 Å². The zero-order chi connectivity index (χ0) is 17.3. The second-order valence-corrected chi connectivity index (χ2v) is 6.69. The molecular weight excluding hydrogens is 300 g/mol. The van der Waals surface area contributed by atoms with Gasteiger partial charge in [-0.1, -0.05) is 42.5 Å². The minimum absolute atomic E-state index is 0.276. The average Bonchev–Trinajstić information content (AvgIpc) is 2.88. The second kappa shape index (κ2) is 5.89. The molecule has 24 heavy (non-hydrogen) atoms. The van der Waals surface area contributed by atoms with Gasteiger partial charge in [-0.05, 0) is 37.1 Å². The molecule has 0 atom stereocenters. The van der Waals surface area contributed by atoms with Gasteiger partial charge in [-0.25, -0.2) is 4.68 Å². The van der Waals surface area contributed by atoms with E-state index in [0.717, 1.165) is 16.3 Å². The molecule has 0 aliphatic carbocycles. The molecule has 5 nitrogen and oxygen atoms in total. The molecule has 122 valence electrons. The number of hydrogen-bond acceptors (Lipinski definition) is 4. The molecule has 1 heterocycles. The molecule has 2 N–H and O–H groups in total. The largest absolute Gasteiger partial charge is 0.471 e. The highest BCUT2D eigenvalue weighted by molar-refractivity contribution is 5.85. The number of nitriles is 1. The molecule has 0 spiro atoms. The first kappa shape index (κ1) is 15.9. The van der Waals surface area contributed by atoms with E-state index >= 15 is 0 Å². The maximum atomic E-state index is 9.38. The van der Waals surface area contributed by atoms with Gasteiger partial charge in [0.05, 0.1) is 5.54 Å². The normalized spacial score (nSPS) is 11.4. The molecule has 0 aliphatic heterocycles. The summed E-state index contributed by atoms with van der Waals surface area (Å²) in [5.41, 5.74) is 7.06. The van der Waals surface area contributed by atoms with E-state index in [9.17, 15) is 5.26 Å². The lowest BCUT2D eigenvalue weighted by Crippen LogP contribution is -2.24. The molecule has 1 aromatic heterocycles. The first-order chi connectivity index (χ1) is 11.4. The summed E-state index contributed by atoms with van der Waals surface area (Å²) in [6, 6.07) is 16.3. The maximum absolute atomic E-state index is 9.38. The minimum atomic E-state index is -0.323. The molecule has 0 fully saturated rings. The molecule has 3 aromatic rings. The number of nitrogen functional groups attached to an aromatic ring is 1. The SMILES string of the molecule is CC(C)(C)n1nc(OCc2cccc3ccccc23)c(C#N)c1N. The number of anilines is 1. The van der Waals surface area contributed by atoms with Gasteiger partial charge in [0.2, 0.25) is 0 Å². The number of nitrogens with two attached hydrogens (primary N) is 1. The van der Waals surface area contributed by atoms with Crippen LogP contribution in [-0.4, -0.2) is 9.78 Å². The lowest BCUT2D eigenvalue weighted by molar-refractivity contribution is 0.277. The molecule has 0 radical (unpaired) electrons. The number of rotatable bonds is 3. The monoisotopic (exact) mass is 320 g/mol. The molecule has 0 unspecified atom stereocenters. The van der Waals surface area contributed by atoms with Crippen molar-refractivity contribution in [2.75, 3.05) is 5.73 Å². The first-order valence-electron chi connectivity index (χ1n) is 7.80. The summed E-state index contributed by atoms with van der Waals surface area (Å²) >= 11 is 0. The fraction of sp³-hybridized carbons (Fsp3) is 0.263. The van der Waals surface area contributed by atoms with Crippen molar-refractivity contribution in [1.82, 2.24) is 9.78 Å². The fourth-order valence-corrected chi connectivity index (χ4v) is 2.69. The Kier molecular flexibility index (Phi) is 3.90. The Morgan fingerprint density at radius 1 is 1.17 bits per heavy atom. The summed E-state index contributed by atoms with van der Waals surface area (Å²) < 4.78 is 7.47. The van der Waals surface area contributed by atoms with Crippen molar-refractivity contribution < 1.29 is 4.74 Å². The smallest absolute Gasteiger partial charge is 0.253 e. The number of ether oxygens (including phenoxy) is 1. The summed E-state index contributed by atoms with van der Waals surface area (Å²) in [4.78, 5) is 0. The molecule has 5 heteroatoms. The van der Waals surface area contributed by atoms with Crippen molar-refractivity contribution in [3.8, 4) is 11.9 Å². The lowest BCUT2D eigenvalue weighted by atomic mass is 10.1. The summed E-state index contributed by atoms with van der Waals surface area (Å²) in [5, 5.41) is 16.1. The van der Waals surface area contributed by atoms with Crippen LogP contribution in [0.4, 0.5) is 5.82 Å². The summed E-state index contributed by atoms with van der Waals surface area (Å²) in [6.07, 6.45) is 0. The Hall–Kier alpha value is -3.00. The third kappa shape index (κ3) is 2.79. The van der Waals surface area contributed by atoms with Gasteiger partial charge in [-0.2, -0.15) is 5.26 Å². The van der Waals surface area contributed by atoms with Crippen LogP contribution in [0.5, 0.6) is 5.88 Å². The number of benzene rings is 2. The molecule has 0 saturated heterocycles. The highest BCUT2D eigenvalue weighted by atomic mass is 16.5. The van der Waals surface area contributed by atoms with Crippen molar-refractivity contribution in [2.24, 2.45) is 0 Å². The van der Waals surface area contributed by atoms with Gasteiger partial charge in [0.1, 0.15) is 18.5 Å². The van der Waals surface area contributed by atoms with Gasteiger partial charge >= 0.3 is 0 Å². The van der Waals surface area contributed by atoms with E-state index in [0.29, 0.717) is 12.4 Å².